The molecule has 6 atom stereocenters. The largest absolute Gasteiger partial charge is 0.477 e. The maximum Gasteiger partial charge on any atom is 0.343 e. The van der Waals surface area contributed by atoms with E-state index in [2.05, 4.69) is 25.4 Å². The third-order valence-electron chi connectivity index (χ3n) is 9.78. The number of rotatable bonds is 6. The van der Waals surface area contributed by atoms with E-state index >= 15 is 0 Å². The zero-order valence-electron chi connectivity index (χ0n) is 21.6. The first-order valence-corrected chi connectivity index (χ1v) is 13.5. The molecule has 0 aromatic carbocycles. The maximum absolute atomic E-state index is 12.1. The van der Waals surface area contributed by atoms with Gasteiger partial charge in [-0.1, -0.05) is 38.8 Å². The van der Waals surface area contributed by atoms with Crippen molar-refractivity contribution in [1.29, 1.82) is 0 Å². The molecule has 0 bridgehead atoms. The fourth-order valence-electron chi connectivity index (χ4n) is 7.91. The van der Waals surface area contributed by atoms with Crippen LogP contribution in [0.15, 0.2) is 30.5 Å². The molecule has 1 aliphatic heterocycles. The molecule has 4 fully saturated rings. The second-order valence-electron chi connectivity index (χ2n) is 11.7. The number of esters is 1. The van der Waals surface area contributed by atoms with Gasteiger partial charge >= 0.3 is 5.97 Å². The fourth-order valence-corrected chi connectivity index (χ4v) is 7.91. The van der Waals surface area contributed by atoms with Crippen molar-refractivity contribution in [3.63, 3.8) is 0 Å². The Labute approximate surface area is 209 Å². The van der Waals surface area contributed by atoms with Crippen molar-refractivity contribution in [2.24, 2.45) is 28.6 Å². The highest BCUT2D eigenvalue weighted by Gasteiger charge is 2.60. The van der Waals surface area contributed by atoms with Crippen LogP contribution in [-0.4, -0.2) is 43.7 Å². The van der Waals surface area contributed by atoms with Crippen molar-refractivity contribution in [3.8, 4) is 5.88 Å². The van der Waals surface area contributed by atoms with E-state index in [1.165, 1.54) is 38.4 Å². The van der Waals surface area contributed by atoms with Crippen molar-refractivity contribution in [2.75, 3.05) is 20.3 Å². The average Bonchev–Trinajstić information content (AvgIpc) is 3.40. The molecule has 2 heterocycles. The highest BCUT2D eigenvalue weighted by molar-refractivity contribution is 5.91. The highest BCUT2D eigenvalue weighted by Crippen LogP contribution is 2.63. The van der Waals surface area contributed by atoms with Gasteiger partial charge in [-0.25, -0.2) is 9.78 Å². The Bertz CT molecular complexity index is 943. The summed E-state index contributed by atoms with van der Waals surface area (Å²) >= 11 is 0. The van der Waals surface area contributed by atoms with Crippen LogP contribution in [0.2, 0.25) is 0 Å². The molecule has 0 amide bonds. The molecule has 6 heteroatoms. The summed E-state index contributed by atoms with van der Waals surface area (Å²) in [7, 11) is 1.37. The molecule has 35 heavy (non-hydrogen) atoms. The SMILES string of the molecule is C=C1CCC2[C@]3(C)CO[C@@H](C4CCCC4)O[C@@H]3CC[C@@]2(C)[C@@H]1CCOc1ncccc1C(=O)OC. The van der Waals surface area contributed by atoms with Gasteiger partial charge in [-0.05, 0) is 74.3 Å². The molecule has 192 valence electrons. The first-order chi connectivity index (χ1) is 16.9. The van der Waals surface area contributed by atoms with Crippen molar-refractivity contribution in [2.45, 2.75) is 84.0 Å². The van der Waals surface area contributed by atoms with E-state index < -0.39 is 5.97 Å². The molecule has 6 nitrogen and oxygen atoms in total. The van der Waals surface area contributed by atoms with Crippen molar-refractivity contribution >= 4 is 5.97 Å². The van der Waals surface area contributed by atoms with Crippen molar-refractivity contribution in [1.82, 2.24) is 4.98 Å². The number of hydrogen-bond acceptors (Lipinski definition) is 6. The maximum atomic E-state index is 12.1. The second-order valence-corrected chi connectivity index (χ2v) is 11.7. The van der Waals surface area contributed by atoms with Crippen LogP contribution in [0.5, 0.6) is 5.88 Å². The third-order valence-corrected chi connectivity index (χ3v) is 9.78. The predicted octanol–water partition coefficient (Wildman–Crippen LogP) is 5.96. The summed E-state index contributed by atoms with van der Waals surface area (Å²) in [6.45, 7) is 10.6. The normalized spacial score (nSPS) is 37.4. The van der Waals surface area contributed by atoms with Crippen LogP contribution in [0, 0.1) is 28.6 Å². The quantitative estimate of drug-likeness (QED) is 0.367. The monoisotopic (exact) mass is 483 g/mol. The molecule has 1 unspecified atom stereocenters. The minimum atomic E-state index is -0.429. The Balaban J connectivity index is 1.28. The van der Waals surface area contributed by atoms with E-state index in [4.69, 9.17) is 18.9 Å². The number of carbonyl (C=O) groups excluding carboxylic acids is 1. The van der Waals surface area contributed by atoms with Crippen LogP contribution in [0.3, 0.4) is 0 Å². The number of fused-ring (bicyclic) bond motifs is 3. The number of nitrogens with zero attached hydrogens (tertiary/aromatic N) is 1. The van der Waals surface area contributed by atoms with Gasteiger partial charge in [-0.3, -0.25) is 0 Å². The first-order valence-electron chi connectivity index (χ1n) is 13.5. The van der Waals surface area contributed by atoms with Gasteiger partial charge in [0.25, 0.3) is 0 Å². The summed E-state index contributed by atoms with van der Waals surface area (Å²) in [4.78, 5) is 16.4. The molecule has 1 aromatic heterocycles. The number of ether oxygens (including phenoxy) is 4. The predicted molar refractivity (Wildman–Crippen MR) is 133 cm³/mol. The van der Waals surface area contributed by atoms with E-state index in [-0.39, 0.29) is 23.2 Å². The topological polar surface area (TPSA) is 66.9 Å². The van der Waals surface area contributed by atoms with E-state index in [0.29, 0.717) is 35.8 Å². The lowest BCUT2D eigenvalue weighted by molar-refractivity contribution is -0.316. The molecule has 0 N–H and O–H groups in total. The Hall–Kier alpha value is -1.92. The zero-order chi connectivity index (χ0) is 24.6. The Morgan fingerprint density at radius 1 is 1.20 bits per heavy atom. The number of hydrogen-bond donors (Lipinski definition) is 0. The lowest BCUT2D eigenvalue weighted by atomic mass is 9.46. The number of aromatic nitrogens is 1. The summed E-state index contributed by atoms with van der Waals surface area (Å²) in [6.07, 6.45) is 12.3. The molecular formula is C29H41NO5. The average molecular weight is 484 g/mol. The molecule has 0 radical (unpaired) electrons. The Morgan fingerprint density at radius 3 is 2.77 bits per heavy atom. The standard InChI is InChI=1S/C29H41NO5/c1-19-11-12-23-28(2,22(19)14-17-33-25-21(26(31)32-4)10-7-16-30-25)15-13-24-29(23,3)18-34-27(35-24)20-8-5-6-9-20/h7,10,16,20,22-24,27H,1,5-6,8-9,11-15,17-18H2,2-4H3/t22-,23?,24-,27-,28+,29+/m1/s1. The van der Waals surface area contributed by atoms with Crippen LogP contribution in [0.1, 0.15) is 82.0 Å². The Kier molecular flexibility index (Phi) is 6.97. The van der Waals surface area contributed by atoms with Crippen molar-refractivity contribution < 1.29 is 23.7 Å². The van der Waals surface area contributed by atoms with E-state index in [1.54, 1.807) is 18.3 Å². The first kappa shape index (κ1) is 24.8. The number of pyridine rings is 1. The van der Waals surface area contributed by atoms with Crippen molar-refractivity contribution in [3.05, 3.63) is 36.0 Å². The minimum absolute atomic E-state index is 0.00920. The van der Waals surface area contributed by atoms with E-state index in [9.17, 15) is 4.79 Å². The smallest absolute Gasteiger partial charge is 0.343 e. The van der Waals surface area contributed by atoms with Gasteiger partial charge in [0.1, 0.15) is 5.56 Å². The summed E-state index contributed by atoms with van der Waals surface area (Å²) in [5.74, 6) is 1.36. The van der Waals surface area contributed by atoms with Crippen LogP contribution in [0.25, 0.3) is 0 Å². The molecule has 5 rings (SSSR count). The fraction of sp³-hybridized carbons (Fsp3) is 0.724. The number of carbonyl (C=O) groups is 1. The molecule has 3 aliphatic carbocycles. The van der Waals surface area contributed by atoms with Gasteiger partial charge in [-0.15, -0.1) is 0 Å². The molecule has 1 aromatic rings. The summed E-state index contributed by atoms with van der Waals surface area (Å²) in [6, 6.07) is 3.41. The van der Waals surface area contributed by atoms with Gasteiger partial charge in [0.15, 0.2) is 6.29 Å². The van der Waals surface area contributed by atoms with Gasteiger partial charge in [0.2, 0.25) is 5.88 Å². The molecule has 1 saturated heterocycles. The molecule has 0 spiro atoms. The van der Waals surface area contributed by atoms with Crippen LogP contribution >= 0.6 is 0 Å². The van der Waals surface area contributed by atoms with E-state index in [1.807, 2.05) is 0 Å². The van der Waals surface area contributed by atoms with Gasteiger partial charge in [0, 0.05) is 17.5 Å². The summed E-state index contributed by atoms with van der Waals surface area (Å²) < 4.78 is 24.1. The second kappa shape index (κ2) is 9.85. The highest BCUT2D eigenvalue weighted by atomic mass is 16.7. The summed E-state index contributed by atoms with van der Waals surface area (Å²) in [5, 5.41) is 0. The zero-order valence-corrected chi connectivity index (χ0v) is 21.6. The number of allylic oxidation sites excluding steroid dienone is 1. The number of methoxy groups -OCH3 is 1. The Morgan fingerprint density at radius 2 is 2.00 bits per heavy atom. The lowest BCUT2D eigenvalue weighted by Gasteiger charge is -2.63. The van der Waals surface area contributed by atoms with Crippen LogP contribution < -0.4 is 4.74 Å². The summed E-state index contributed by atoms with van der Waals surface area (Å²) in [5.41, 5.74) is 1.85. The third kappa shape index (κ3) is 4.42. The minimum Gasteiger partial charge on any atom is -0.477 e. The molecule has 4 aliphatic rings. The van der Waals surface area contributed by atoms with Gasteiger partial charge < -0.3 is 18.9 Å². The van der Waals surface area contributed by atoms with Gasteiger partial charge in [0.05, 0.1) is 26.4 Å². The van der Waals surface area contributed by atoms with Crippen LogP contribution in [-0.2, 0) is 14.2 Å². The van der Waals surface area contributed by atoms with Crippen LogP contribution in [0.4, 0.5) is 0 Å². The lowest BCUT2D eigenvalue weighted by Crippen LogP contribution is -2.62. The molecule has 3 saturated carbocycles. The van der Waals surface area contributed by atoms with E-state index in [0.717, 1.165) is 38.7 Å². The van der Waals surface area contributed by atoms with Gasteiger partial charge in [-0.2, -0.15) is 0 Å². The molecular weight excluding hydrogens is 442 g/mol.